The second kappa shape index (κ2) is 12.1. The van der Waals surface area contributed by atoms with Crippen LogP contribution in [0, 0.1) is 36.5 Å². The number of aromatic hydroxyl groups is 1. The number of nitrogens with zero attached hydrogens (tertiary/aromatic N) is 2. The zero-order valence-electron chi connectivity index (χ0n) is 28.6. The summed E-state index contributed by atoms with van der Waals surface area (Å²) < 4.78 is 6.20. The van der Waals surface area contributed by atoms with Crippen molar-refractivity contribution < 1.29 is 29.0 Å². The number of carbonyl (C=O) groups excluding carboxylic acids is 4. The Morgan fingerprint density at radius 2 is 1.58 bits per heavy atom. The highest BCUT2D eigenvalue weighted by molar-refractivity contribution is 6.13. The lowest BCUT2D eigenvalue weighted by molar-refractivity contribution is -0.142. The lowest BCUT2D eigenvalue weighted by atomic mass is 9.48. The van der Waals surface area contributed by atoms with Gasteiger partial charge in [0, 0.05) is 17.9 Å². The van der Waals surface area contributed by atoms with Crippen LogP contribution in [0.25, 0.3) is 0 Å². The number of hydrazine groups is 1. The number of likely N-dealkylation sites (tertiary alicyclic amines) is 1. The van der Waals surface area contributed by atoms with Gasteiger partial charge in [-0.15, -0.1) is 0 Å². The van der Waals surface area contributed by atoms with E-state index in [1.807, 2.05) is 91.9 Å². The summed E-state index contributed by atoms with van der Waals surface area (Å²) in [7, 11) is 0. The van der Waals surface area contributed by atoms with Crippen LogP contribution in [0.2, 0.25) is 0 Å². The van der Waals surface area contributed by atoms with E-state index in [2.05, 4.69) is 11.5 Å². The minimum Gasteiger partial charge on any atom is -0.508 e. The molecule has 0 spiro atoms. The number of imide groups is 2. The summed E-state index contributed by atoms with van der Waals surface area (Å²) in [6.07, 6.45) is 4.66. The molecule has 0 bridgehead atoms. The Morgan fingerprint density at radius 3 is 2.33 bits per heavy atom. The molecule has 260 valence electrons. The van der Waals surface area contributed by atoms with Crippen LogP contribution in [0.5, 0.6) is 11.5 Å². The van der Waals surface area contributed by atoms with Gasteiger partial charge in [0.05, 0.1) is 41.7 Å². The quantitative estimate of drug-likeness (QED) is 0.182. The normalized spacial score (nSPS) is 27.6. The largest absolute Gasteiger partial charge is 0.508 e. The number of fused-ring (bicyclic) bond motifs is 5. The summed E-state index contributed by atoms with van der Waals surface area (Å²) in [6, 6.07) is 31.4. The first kappa shape index (κ1) is 32.0. The number of nitrogens with one attached hydrogen (secondary N) is 1. The molecule has 4 aromatic rings. The number of carbonyl (C=O) groups is 4. The summed E-state index contributed by atoms with van der Waals surface area (Å²) in [6.45, 7) is 2.15. The van der Waals surface area contributed by atoms with E-state index in [-0.39, 0.29) is 42.3 Å². The van der Waals surface area contributed by atoms with Crippen LogP contribution >= 0.6 is 0 Å². The number of allylic oxidation sites excluding steroid dienone is 3. The fourth-order valence-electron chi connectivity index (χ4n) is 9.55. The van der Waals surface area contributed by atoms with Crippen LogP contribution < -0.4 is 10.2 Å². The van der Waals surface area contributed by atoms with E-state index in [1.54, 1.807) is 24.5 Å². The van der Waals surface area contributed by atoms with E-state index < -0.39 is 35.0 Å². The third kappa shape index (κ3) is 4.75. The summed E-state index contributed by atoms with van der Waals surface area (Å²) in [5.74, 6) is -3.75. The van der Waals surface area contributed by atoms with Crippen molar-refractivity contribution in [1.82, 2.24) is 9.91 Å². The molecule has 2 saturated heterocycles. The predicted molar refractivity (Wildman–Crippen MR) is 192 cm³/mol. The predicted octanol–water partition coefficient (Wildman–Crippen LogP) is 6.24. The molecule has 3 aliphatic heterocycles. The molecule has 3 fully saturated rings. The van der Waals surface area contributed by atoms with Gasteiger partial charge in [0.25, 0.3) is 11.8 Å². The Balaban J connectivity index is 1.20. The Bertz CT molecular complexity index is 2200. The molecule has 2 aliphatic carbocycles. The minimum absolute atomic E-state index is 0.0923. The number of ether oxygens (including phenoxy) is 1. The van der Waals surface area contributed by atoms with Gasteiger partial charge in [0.2, 0.25) is 11.8 Å². The number of hydrogen-bond donors (Lipinski definition) is 2. The van der Waals surface area contributed by atoms with Crippen molar-refractivity contribution in [2.45, 2.75) is 38.1 Å². The number of amides is 4. The van der Waals surface area contributed by atoms with Crippen LogP contribution in [-0.2, 0) is 37.6 Å². The first-order valence-corrected chi connectivity index (χ1v) is 17.8. The van der Waals surface area contributed by atoms with E-state index >= 15 is 4.79 Å². The second-order valence-corrected chi connectivity index (χ2v) is 14.6. The first-order valence-electron chi connectivity index (χ1n) is 17.8. The van der Waals surface area contributed by atoms with Crippen molar-refractivity contribution in [2.24, 2.45) is 29.6 Å². The van der Waals surface area contributed by atoms with Gasteiger partial charge >= 0.3 is 0 Å². The van der Waals surface area contributed by atoms with Crippen molar-refractivity contribution in [3.63, 3.8) is 0 Å². The standard InChI is InChI=1S/C43H37N3O6/c1-25-12-14-30(15-13-25)44-46-40(49)35-22-34-32(17-18-33-37(34)41(50)45(39(33)48)23-26-8-4-2-5-9-26)38(43(35,42(46)51)29-10-6-3-7-11-29)28-20-27-21-31(47)16-19-36(27)52-24-28/h2-17,19,21,24,33-35,37-38,44,47H,18,20,22-23H2,1H3. The van der Waals surface area contributed by atoms with E-state index in [1.165, 1.54) is 4.90 Å². The fourth-order valence-corrected chi connectivity index (χ4v) is 9.55. The molecule has 3 heterocycles. The highest BCUT2D eigenvalue weighted by atomic mass is 16.5. The van der Waals surface area contributed by atoms with Gasteiger partial charge in [-0.3, -0.25) is 29.5 Å². The number of rotatable bonds is 6. The van der Waals surface area contributed by atoms with E-state index in [9.17, 15) is 19.5 Å². The lowest BCUT2D eigenvalue weighted by Crippen LogP contribution is -2.55. The second-order valence-electron chi connectivity index (χ2n) is 14.6. The maximum Gasteiger partial charge on any atom is 0.260 e. The molecule has 4 aromatic carbocycles. The van der Waals surface area contributed by atoms with Crippen LogP contribution in [-0.4, -0.2) is 38.6 Å². The molecule has 9 rings (SSSR count). The average Bonchev–Trinajstić information content (AvgIpc) is 3.53. The molecule has 6 unspecified atom stereocenters. The van der Waals surface area contributed by atoms with Gasteiger partial charge in [-0.2, -0.15) is 5.01 Å². The zero-order chi connectivity index (χ0) is 35.7. The van der Waals surface area contributed by atoms with Crippen molar-refractivity contribution >= 4 is 29.3 Å². The van der Waals surface area contributed by atoms with Crippen LogP contribution in [0.3, 0.4) is 0 Å². The first-order chi connectivity index (χ1) is 25.3. The van der Waals surface area contributed by atoms with Crippen LogP contribution in [0.15, 0.2) is 127 Å². The van der Waals surface area contributed by atoms with Gasteiger partial charge < -0.3 is 9.84 Å². The monoisotopic (exact) mass is 691 g/mol. The smallest absolute Gasteiger partial charge is 0.260 e. The van der Waals surface area contributed by atoms with Gasteiger partial charge in [0.15, 0.2) is 0 Å². The van der Waals surface area contributed by atoms with E-state index in [0.717, 1.165) is 32.8 Å². The topological polar surface area (TPSA) is 116 Å². The average molecular weight is 692 g/mol. The number of benzene rings is 4. The van der Waals surface area contributed by atoms with E-state index in [0.29, 0.717) is 29.8 Å². The molecule has 0 radical (unpaired) electrons. The summed E-state index contributed by atoms with van der Waals surface area (Å²) in [5, 5.41) is 11.6. The van der Waals surface area contributed by atoms with Crippen molar-refractivity contribution in [3.8, 4) is 11.5 Å². The zero-order valence-corrected chi connectivity index (χ0v) is 28.6. The fraction of sp³-hybridized carbons (Fsp3) is 0.256. The molecule has 5 aliphatic rings. The van der Waals surface area contributed by atoms with Gasteiger partial charge in [-0.1, -0.05) is 90.0 Å². The summed E-state index contributed by atoms with van der Waals surface area (Å²) in [4.78, 5) is 60.0. The molecule has 2 N–H and O–H groups in total. The third-order valence-corrected chi connectivity index (χ3v) is 11.8. The Labute approximate surface area is 301 Å². The molecular formula is C43H37N3O6. The molecule has 1 saturated carbocycles. The molecule has 52 heavy (non-hydrogen) atoms. The maximum atomic E-state index is 15.3. The highest BCUT2D eigenvalue weighted by Gasteiger charge is 2.70. The third-order valence-electron chi connectivity index (χ3n) is 11.8. The molecular weight excluding hydrogens is 654 g/mol. The number of phenolic OH excluding ortho intramolecular Hbond substituents is 1. The highest BCUT2D eigenvalue weighted by Crippen LogP contribution is 2.63. The molecule has 4 amide bonds. The van der Waals surface area contributed by atoms with Crippen LogP contribution in [0.4, 0.5) is 5.69 Å². The van der Waals surface area contributed by atoms with Crippen molar-refractivity contribution in [1.29, 1.82) is 0 Å². The number of hydrogen-bond acceptors (Lipinski definition) is 7. The number of phenols is 1. The number of anilines is 1. The summed E-state index contributed by atoms with van der Waals surface area (Å²) in [5.41, 5.74) is 7.34. The molecule has 9 heteroatoms. The summed E-state index contributed by atoms with van der Waals surface area (Å²) >= 11 is 0. The Morgan fingerprint density at radius 1 is 0.846 bits per heavy atom. The molecule has 0 aromatic heterocycles. The molecule has 6 atom stereocenters. The van der Waals surface area contributed by atoms with Gasteiger partial charge in [-0.05, 0) is 72.7 Å². The van der Waals surface area contributed by atoms with Crippen LogP contribution in [0.1, 0.15) is 35.1 Å². The minimum atomic E-state index is -1.38. The Hall–Kier alpha value is -5.96. The maximum absolute atomic E-state index is 15.3. The van der Waals surface area contributed by atoms with Gasteiger partial charge in [0.1, 0.15) is 11.5 Å². The lowest BCUT2D eigenvalue weighted by Gasteiger charge is -2.51. The van der Waals surface area contributed by atoms with E-state index in [4.69, 9.17) is 4.74 Å². The van der Waals surface area contributed by atoms with Crippen molar-refractivity contribution in [2.75, 3.05) is 5.43 Å². The molecule has 9 nitrogen and oxygen atoms in total. The Kier molecular flexibility index (Phi) is 7.43. The van der Waals surface area contributed by atoms with Crippen molar-refractivity contribution in [3.05, 3.63) is 149 Å². The number of aryl methyl sites for hydroxylation is 1. The van der Waals surface area contributed by atoms with Gasteiger partial charge in [-0.25, -0.2) is 0 Å². The SMILES string of the molecule is Cc1ccc(NN2C(=O)C3CC4C(=CCC5C(=O)N(Cc6ccccc6)C(=O)C54)C(C4=COc5ccc(O)cc5C4)C3(c3ccccc3)C2=O)cc1.